The first-order chi connectivity index (χ1) is 7.71. The third kappa shape index (κ3) is 3.19. The van der Waals surface area contributed by atoms with Gasteiger partial charge in [0.1, 0.15) is 0 Å². The lowest BCUT2D eigenvalue weighted by atomic mass is 9.74. The molecule has 0 spiro atoms. The molecule has 1 rings (SSSR count). The van der Waals surface area contributed by atoms with E-state index in [9.17, 15) is 0 Å². The Labute approximate surface area is 100 Å². The Kier molecular flexibility index (Phi) is 5.73. The maximum atomic E-state index is 5.80. The van der Waals surface area contributed by atoms with Crippen molar-refractivity contribution in [2.45, 2.75) is 45.6 Å². The molecular formula is C13H28N2O. The number of nitrogens with two attached hydrogens (primary N) is 1. The number of piperidine rings is 1. The van der Waals surface area contributed by atoms with Gasteiger partial charge in [-0.05, 0) is 31.3 Å². The molecule has 1 aliphatic rings. The average molecular weight is 228 g/mol. The summed E-state index contributed by atoms with van der Waals surface area (Å²) in [4.78, 5) is 2.51. The maximum absolute atomic E-state index is 5.80. The molecule has 0 amide bonds. The van der Waals surface area contributed by atoms with Crippen molar-refractivity contribution in [1.29, 1.82) is 0 Å². The first-order valence-corrected chi connectivity index (χ1v) is 6.64. The zero-order valence-electron chi connectivity index (χ0n) is 11.2. The van der Waals surface area contributed by atoms with Crippen LogP contribution in [-0.4, -0.2) is 44.3 Å². The van der Waals surface area contributed by atoms with E-state index in [2.05, 4.69) is 18.7 Å². The van der Waals surface area contributed by atoms with E-state index in [0.29, 0.717) is 18.0 Å². The second-order valence-corrected chi connectivity index (χ2v) is 5.09. The number of hydrogen-bond donors (Lipinski definition) is 1. The number of nitrogens with zero attached hydrogens (tertiary/aromatic N) is 1. The smallest absolute Gasteiger partial charge is 0.0630 e. The highest BCUT2D eigenvalue weighted by atomic mass is 16.5. The van der Waals surface area contributed by atoms with Crippen LogP contribution in [0.4, 0.5) is 0 Å². The lowest BCUT2D eigenvalue weighted by Crippen LogP contribution is -2.49. The minimum atomic E-state index is 0.414. The molecule has 0 radical (unpaired) electrons. The number of ether oxygens (including phenoxy) is 1. The third-order valence-corrected chi connectivity index (χ3v) is 4.51. The van der Waals surface area contributed by atoms with Gasteiger partial charge in [0.15, 0.2) is 0 Å². The van der Waals surface area contributed by atoms with Crippen LogP contribution in [0.5, 0.6) is 0 Å². The van der Waals surface area contributed by atoms with E-state index in [-0.39, 0.29) is 0 Å². The monoisotopic (exact) mass is 228 g/mol. The predicted molar refractivity (Wildman–Crippen MR) is 68.5 cm³/mol. The fourth-order valence-electron chi connectivity index (χ4n) is 2.84. The highest BCUT2D eigenvalue weighted by molar-refractivity contribution is 4.86. The van der Waals surface area contributed by atoms with Gasteiger partial charge >= 0.3 is 0 Å². The predicted octanol–water partition coefficient (Wildman–Crippen LogP) is 1.86. The van der Waals surface area contributed by atoms with Crippen LogP contribution >= 0.6 is 0 Å². The van der Waals surface area contributed by atoms with Crippen LogP contribution in [0, 0.1) is 5.41 Å². The van der Waals surface area contributed by atoms with Crippen LogP contribution < -0.4 is 5.73 Å². The second-order valence-electron chi connectivity index (χ2n) is 5.09. The Morgan fingerprint density at radius 3 is 2.19 bits per heavy atom. The van der Waals surface area contributed by atoms with Crippen LogP contribution in [0.1, 0.15) is 39.5 Å². The molecule has 16 heavy (non-hydrogen) atoms. The average Bonchev–Trinajstić information content (AvgIpc) is 2.36. The lowest BCUT2D eigenvalue weighted by molar-refractivity contribution is 0.0351. The van der Waals surface area contributed by atoms with E-state index < -0.39 is 0 Å². The summed E-state index contributed by atoms with van der Waals surface area (Å²) in [5, 5.41) is 0. The third-order valence-electron chi connectivity index (χ3n) is 4.51. The van der Waals surface area contributed by atoms with Crippen molar-refractivity contribution in [2.75, 3.05) is 33.4 Å². The molecule has 0 aliphatic carbocycles. The van der Waals surface area contributed by atoms with Crippen LogP contribution in [0.3, 0.4) is 0 Å². The second kappa shape index (κ2) is 6.58. The quantitative estimate of drug-likeness (QED) is 0.754. The van der Waals surface area contributed by atoms with Crippen molar-refractivity contribution in [3.05, 3.63) is 0 Å². The molecule has 1 atom stereocenters. The van der Waals surface area contributed by atoms with Crippen molar-refractivity contribution in [3.8, 4) is 0 Å². The molecule has 0 aromatic carbocycles. The van der Waals surface area contributed by atoms with Gasteiger partial charge in [-0.2, -0.15) is 0 Å². The Morgan fingerprint density at radius 1 is 1.25 bits per heavy atom. The van der Waals surface area contributed by atoms with Crippen molar-refractivity contribution in [1.82, 2.24) is 4.90 Å². The van der Waals surface area contributed by atoms with Crippen molar-refractivity contribution in [2.24, 2.45) is 11.1 Å². The van der Waals surface area contributed by atoms with Crippen molar-refractivity contribution in [3.63, 3.8) is 0 Å². The topological polar surface area (TPSA) is 38.5 Å². The molecule has 2 N–H and O–H groups in total. The van der Waals surface area contributed by atoms with Crippen LogP contribution in [0.15, 0.2) is 0 Å². The molecule has 96 valence electrons. The first kappa shape index (κ1) is 13.9. The molecule has 0 saturated carbocycles. The lowest BCUT2D eigenvalue weighted by Gasteiger charge is -2.43. The fraction of sp³-hybridized carbons (Fsp3) is 1.00. The molecule has 0 aromatic rings. The highest BCUT2D eigenvalue weighted by Crippen LogP contribution is 2.38. The highest BCUT2D eigenvalue weighted by Gasteiger charge is 2.33. The Morgan fingerprint density at radius 2 is 1.81 bits per heavy atom. The first-order valence-electron chi connectivity index (χ1n) is 6.64. The normalized spacial score (nSPS) is 23.2. The molecule has 1 unspecified atom stereocenters. The van der Waals surface area contributed by atoms with Crippen LogP contribution in [0.25, 0.3) is 0 Å². The summed E-state index contributed by atoms with van der Waals surface area (Å²) in [7, 11) is 1.76. The molecule has 1 fully saturated rings. The molecule has 0 bridgehead atoms. The van der Waals surface area contributed by atoms with Crippen LogP contribution in [-0.2, 0) is 4.74 Å². The number of hydrogen-bond acceptors (Lipinski definition) is 3. The van der Waals surface area contributed by atoms with Gasteiger partial charge in [0, 0.05) is 19.7 Å². The minimum Gasteiger partial charge on any atom is -0.383 e. The van der Waals surface area contributed by atoms with Gasteiger partial charge in [0.2, 0.25) is 0 Å². The summed E-state index contributed by atoms with van der Waals surface area (Å²) in [5.74, 6) is 0. The summed E-state index contributed by atoms with van der Waals surface area (Å²) in [6.45, 7) is 8.50. The molecular weight excluding hydrogens is 200 g/mol. The van der Waals surface area contributed by atoms with E-state index >= 15 is 0 Å². The SMILES string of the molecule is CCC1(CC)CCN(C(CN)COC)CC1. The van der Waals surface area contributed by atoms with Gasteiger partial charge in [0.25, 0.3) is 0 Å². The number of methoxy groups -OCH3 is 1. The summed E-state index contributed by atoms with van der Waals surface area (Å²) in [6, 6.07) is 0.414. The summed E-state index contributed by atoms with van der Waals surface area (Å²) in [5.41, 5.74) is 6.40. The largest absolute Gasteiger partial charge is 0.383 e. The zero-order valence-corrected chi connectivity index (χ0v) is 11.2. The molecule has 1 saturated heterocycles. The molecule has 3 nitrogen and oxygen atoms in total. The zero-order chi connectivity index (χ0) is 12.0. The maximum Gasteiger partial charge on any atom is 0.0630 e. The van der Waals surface area contributed by atoms with Gasteiger partial charge in [0.05, 0.1) is 6.61 Å². The Balaban J connectivity index is 2.46. The van der Waals surface area contributed by atoms with Gasteiger partial charge in [-0.25, -0.2) is 0 Å². The number of rotatable bonds is 6. The van der Waals surface area contributed by atoms with E-state index in [1.807, 2.05) is 0 Å². The minimum absolute atomic E-state index is 0.414. The summed E-state index contributed by atoms with van der Waals surface area (Å²) in [6.07, 6.45) is 5.27. The van der Waals surface area contributed by atoms with Crippen molar-refractivity contribution >= 4 is 0 Å². The number of likely N-dealkylation sites (tertiary alicyclic amines) is 1. The molecule has 1 aliphatic heterocycles. The van der Waals surface area contributed by atoms with E-state index in [1.54, 1.807) is 7.11 Å². The van der Waals surface area contributed by atoms with E-state index in [4.69, 9.17) is 10.5 Å². The van der Waals surface area contributed by atoms with Gasteiger partial charge < -0.3 is 10.5 Å². The molecule has 1 heterocycles. The molecule has 3 heteroatoms. The van der Waals surface area contributed by atoms with Gasteiger partial charge in [-0.1, -0.05) is 26.7 Å². The standard InChI is InChI=1S/C13H28N2O/c1-4-13(5-2)6-8-15(9-7-13)12(10-14)11-16-3/h12H,4-11,14H2,1-3H3. The van der Waals surface area contributed by atoms with Gasteiger partial charge in [-0.3, -0.25) is 4.90 Å². The molecule has 0 aromatic heterocycles. The summed E-state index contributed by atoms with van der Waals surface area (Å²) >= 11 is 0. The van der Waals surface area contributed by atoms with Gasteiger partial charge in [-0.15, -0.1) is 0 Å². The fourth-order valence-corrected chi connectivity index (χ4v) is 2.84. The van der Waals surface area contributed by atoms with Crippen molar-refractivity contribution < 1.29 is 4.74 Å². The van der Waals surface area contributed by atoms with E-state index in [1.165, 1.54) is 38.8 Å². The van der Waals surface area contributed by atoms with Crippen LogP contribution in [0.2, 0.25) is 0 Å². The summed E-state index contributed by atoms with van der Waals surface area (Å²) < 4.78 is 5.23. The van der Waals surface area contributed by atoms with E-state index in [0.717, 1.165) is 6.61 Å². The Bertz CT molecular complexity index is 182. The Hall–Kier alpha value is -0.120.